The second-order valence-corrected chi connectivity index (χ2v) is 6.17. The molecule has 2 atom stereocenters. The van der Waals surface area contributed by atoms with Crippen molar-refractivity contribution in [3.05, 3.63) is 59.7 Å². The van der Waals surface area contributed by atoms with Gasteiger partial charge in [0.15, 0.2) is 0 Å². The maximum atomic E-state index is 12.1. The molecule has 0 aliphatic heterocycles. The topological polar surface area (TPSA) is 70.6 Å². The van der Waals surface area contributed by atoms with Gasteiger partial charge in [-0.3, -0.25) is 4.79 Å². The lowest BCUT2D eigenvalue weighted by Gasteiger charge is -2.18. The van der Waals surface area contributed by atoms with Gasteiger partial charge in [0, 0.05) is 24.7 Å². The van der Waals surface area contributed by atoms with Gasteiger partial charge in [-0.1, -0.05) is 30.3 Å². The van der Waals surface area contributed by atoms with Gasteiger partial charge in [0.2, 0.25) is 5.91 Å². The molecule has 0 bridgehead atoms. The summed E-state index contributed by atoms with van der Waals surface area (Å²) >= 11 is 0. The molecule has 1 amide bonds. The van der Waals surface area contributed by atoms with Crippen molar-refractivity contribution < 1.29 is 14.6 Å². The average Bonchev–Trinajstić information content (AvgIpc) is 2.61. The van der Waals surface area contributed by atoms with Gasteiger partial charge >= 0.3 is 0 Å². The summed E-state index contributed by atoms with van der Waals surface area (Å²) in [5, 5.41) is 16.4. The van der Waals surface area contributed by atoms with E-state index in [9.17, 15) is 9.90 Å². The van der Waals surface area contributed by atoms with Crippen LogP contribution in [0.5, 0.6) is 5.75 Å². The van der Waals surface area contributed by atoms with E-state index in [2.05, 4.69) is 10.6 Å². The minimum atomic E-state index is -0.632. The monoisotopic (exact) mass is 342 g/mol. The third-order valence-corrected chi connectivity index (χ3v) is 4.07. The predicted molar refractivity (Wildman–Crippen MR) is 99.8 cm³/mol. The Hall–Kier alpha value is -2.37. The molecule has 5 heteroatoms. The number of hydrogen-bond acceptors (Lipinski definition) is 4. The number of anilines is 1. The molecular weight excluding hydrogens is 316 g/mol. The molecule has 2 unspecified atom stereocenters. The number of methoxy groups -OCH3 is 1. The van der Waals surface area contributed by atoms with Gasteiger partial charge in [0.05, 0.1) is 13.2 Å². The number of hydrogen-bond donors (Lipinski definition) is 3. The molecule has 0 heterocycles. The lowest BCUT2D eigenvalue weighted by atomic mass is 10.1. The zero-order valence-corrected chi connectivity index (χ0v) is 15.0. The van der Waals surface area contributed by atoms with E-state index in [1.807, 2.05) is 62.4 Å². The number of amides is 1. The Morgan fingerprint density at radius 3 is 2.48 bits per heavy atom. The number of rotatable bonds is 8. The molecule has 0 radical (unpaired) electrons. The third kappa shape index (κ3) is 5.89. The average molecular weight is 342 g/mol. The van der Waals surface area contributed by atoms with Crippen LogP contribution in [0.2, 0.25) is 0 Å². The number of aliphatic hydroxyl groups excluding tert-OH is 1. The Morgan fingerprint density at radius 2 is 1.84 bits per heavy atom. The molecule has 0 saturated heterocycles. The molecule has 0 fully saturated rings. The Balaban J connectivity index is 1.78. The van der Waals surface area contributed by atoms with Crippen LogP contribution < -0.4 is 15.4 Å². The molecule has 5 nitrogen and oxygen atoms in total. The number of para-hydroxylation sites is 1. The standard InChI is InChI=1S/C20H26N2O3/c1-14-6-4-5-7-18(14)22-20(24)12-15(2)21-13-19(23)16-8-10-17(25-3)11-9-16/h4-11,15,19,21,23H,12-13H2,1-3H3,(H,22,24). The van der Waals surface area contributed by atoms with Crippen molar-refractivity contribution in [1.29, 1.82) is 0 Å². The number of nitrogens with one attached hydrogen (secondary N) is 2. The molecule has 134 valence electrons. The lowest BCUT2D eigenvalue weighted by Crippen LogP contribution is -2.33. The highest BCUT2D eigenvalue weighted by Gasteiger charge is 2.13. The minimum Gasteiger partial charge on any atom is -0.497 e. The first-order chi connectivity index (χ1) is 12.0. The highest BCUT2D eigenvalue weighted by molar-refractivity contribution is 5.91. The Kier molecular flexibility index (Phi) is 6.98. The van der Waals surface area contributed by atoms with E-state index in [-0.39, 0.29) is 11.9 Å². The van der Waals surface area contributed by atoms with Crippen LogP contribution in [0.3, 0.4) is 0 Å². The van der Waals surface area contributed by atoms with Crippen molar-refractivity contribution in [1.82, 2.24) is 5.32 Å². The summed E-state index contributed by atoms with van der Waals surface area (Å²) in [6, 6.07) is 14.9. The zero-order chi connectivity index (χ0) is 18.2. The molecule has 0 saturated carbocycles. The largest absolute Gasteiger partial charge is 0.497 e. The van der Waals surface area contributed by atoms with Gasteiger partial charge in [-0.15, -0.1) is 0 Å². The fraction of sp³-hybridized carbons (Fsp3) is 0.350. The molecule has 2 aromatic carbocycles. The second kappa shape index (κ2) is 9.20. The molecule has 0 aliphatic rings. The summed E-state index contributed by atoms with van der Waals surface area (Å²) in [7, 11) is 1.61. The van der Waals surface area contributed by atoms with Crippen LogP contribution in [0.15, 0.2) is 48.5 Å². The van der Waals surface area contributed by atoms with Gasteiger partial charge in [0.1, 0.15) is 5.75 Å². The van der Waals surface area contributed by atoms with Crippen molar-refractivity contribution >= 4 is 11.6 Å². The van der Waals surface area contributed by atoms with E-state index in [4.69, 9.17) is 4.74 Å². The fourth-order valence-electron chi connectivity index (χ4n) is 2.52. The van der Waals surface area contributed by atoms with Gasteiger partial charge in [-0.05, 0) is 43.2 Å². The quantitative estimate of drug-likeness (QED) is 0.690. The molecular formula is C20H26N2O3. The number of aryl methyl sites for hydroxylation is 1. The summed E-state index contributed by atoms with van der Waals surface area (Å²) in [4.78, 5) is 12.1. The predicted octanol–water partition coefficient (Wildman–Crippen LogP) is 3.04. The zero-order valence-electron chi connectivity index (χ0n) is 15.0. The van der Waals surface area contributed by atoms with Gasteiger partial charge in [-0.2, -0.15) is 0 Å². The lowest BCUT2D eigenvalue weighted by molar-refractivity contribution is -0.116. The van der Waals surface area contributed by atoms with E-state index in [0.29, 0.717) is 13.0 Å². The number of ether oxygens (including phenoxy) is 1. The highest BCUT2D eigenvalue weighted by Crippen LogP contribution is 2.17. The molecule has 0 aliphatic carbocycles. The maximum absolute atomic E-state index is 12.1. The smallest absolute Gasteiger partial charge is 0.225 e. The van der Waals surface area contributed by atoms with E-state index >= 15 is 0 Å². The van der Waals surface area contributed by atoms with E-state index in [0.717, 1.165) is 22.6 Å². The van der Waals surface area contributed by atoms with E-state index < -0.39 is 6.10 Å². The van der Waals surface area contributed by atoms with Crippen molar-refractivity contribution in [3.63, 3.8) is 0 Å². The first-order valence-corrected chi connectivity index (χ1v) is 8.40. The van der Waals surface area contributed by atoms with Crippen LogP contribution in [0, 0.1) is 6.92 Å². The van der Waals surface area contributed by atoms with E-state index in [1.54, 1.807) is 7.11 Å². The van der Waals surface area contributed by atoms with Crippen LogP contribution in [0.25, 0.3) is 0 Å². The minimum absolute atomic E-state index is 0.0445. The van der Waals surface area contributed by atoms with Gasteiger partial charge in [0.25, 0.3) is 0 Å². The van der Waals surface area contributed by atoms with Crippen molar-refractivity contribution in [3.8, 4) is 5.75 Å². The van der Waals surface area contributed by atoms with Gasteiger partial charge in [-0.25, -0.2) is 0 Å². The summed E-state index contributed by atoms with van der Waals surface area (Å²) in [5.41, 5.74) is 2.68. The van der Waals surface area contributed by atoms with Gasteiger partial charge < -0.3 is 20.5 Å². The molecule has 0 spiro atoms. The van der Waals surface area contributed by atoms with Crippen LogP contribution in [0.1, 0.15) is 30.6 Å². The Morgan fingerprint density at radius 1 is 1.16 bits per heavy atom. The Bertz CT molecular complexity index is 686. The molecule has 2 aromatic rings. The molecule has 25 heavy (non-hydrogen) atoms. The second-order valence-electron chi connectivity index (χ2n) is 6.17. The normalized spacial score (nSPS) is 13.1. The van der Waals surface area contributed by atoms with Crippen LogP contribution in [0.4, 0.5) is 5.69 Å². The summed E-state index contributed by atoms with van der Waals surface area (Å²) in [5.74, 6) is 0.707. The fourth-order valence-corrected chi connectivity index (χ4v) is 2.52. The number of aliphatic hydroxyl groups is 1. The first-order valence-electron chi connectivity index (χ1n) is 8.40. The number of benzene rings is 2. The summed E-state index contributed by atoms with van der Waals surface area (Å²) < 4.78 is 5.11. The SMILES string of the molecule is COc1ccc(C(O)CNC(C)CC(=O)Nc2ccccc2C)cc1. The number of carbonyl (C=O) groups is 1. The summed E-state index contributed by atoms with van der Waals surface area (Å²) in [6.45, 7) is 4.27. The molecule has 3 N–H and O–H groups in total. The van der Waals surface area contributed by atoms with Crippen LogP contribution in [-0.4, -0.2) is 30.7 Å². The van der Waals surface area contributed by atoms with Crippen LogP contribution >= 0.6 is 0 Å². The third-order valence-electron chi connectivity index (χ3n) is 4.07. The number of carbonyl (C=O) groups excluding carboxylic acids is 1. The Labute approximate surface area is 149 Å². The molecule has 0 aromatic heterocycles. The first kappa shape index (κ1) is 19.0. The van der Waals surface area contributed by atoms with Crippen molar-refractivity contribution in [2.45, 2.75) is 32.4 Å². The summed E-state index contributed by atoms with van der Waals surface area (Å²) in [6.07, 6.45) is -0.295. The maximum Gasteiger partial charge on any atom is 0.225 e. The van der Waals surface area contributed by atoms with Crippen LogP contribution in [-0.2, 0) is 4.79 Å². The van der Waals surface area contributed by atoms with Crippen molar-refractivity contribution in [2.24, 2.45) is 0 Å². The molecule has 2 rings (SSSR count). The highest BCUT2D eigenvalue weighted by atomic mass is 16.5. The van der Waals surface area contributed by atoms with E-state index in [1.165, 1.54) is 0 Å². The van der Waals surface area contributed by atoms with Crippen molar-refractivity contribution in [2.75, 3.05) is 19.0 Å².